The maximum Gasteiger partial charge on any atom is 0.387 e. The number of halogens is 2. The lowest BCUT2D eigenvalue weighted by Gasteiger charge is -2.13. The lowest BCUT2D eigenvalue weighted by atomic mass is 10.1. The van der Waals surface area contributed by atoms with Crippen LogP contribution in [-0.4, -0.2) is 29.6 Å². The number of amides is 1. The van der Waals surface area contributed by atoms with Crippen LogP contribution in [0.1, 0.15) is 25.3 Å². The summed E-state index contributed by atoms with van der Waals surface area (Å²) in [6.07, 6.45) is 0.960. The molecule has 1 amide bonds. The van der Waals surface area contributed by atoms with Crippen molar-refractivity contribution in [2.75, 3.05) is 0 Å². The summed E-state index contributed by atoms with van der Waals surface area (Å²) < 4.78 is 28.2. The Morgan fingerprint density at radius 2 is 1.90 bits per heavy atom. The van der Waals surface area contributed by atoms with Gasteiger partial charge in [0.1, 0.15) is 11.8 Å². The summed E-state index contributed by atoms with van der Waals surface area (Å²) in [5, 5.41) is 11.4. The van der Waals surface area contributed by atoms with Crippen LogP contribution in [0, 0.1) is 0 Å². The molecule has 0 aliphatic carbocycles. The second kappa shape index (κ2) is 8.18. The molecule has 0 bridgehead atoms. The fourth-order valence-electron chi connectivity index (χ4n) is 1.77. The van der Waals surface area contributed by atoms with E-state index in [2.05, 4.69) is 10.1 Å². The minimum Gasteiger partial charge on any atom is -0.480 e. The highest BCUT2D eigenvalue weighted by molar-refractivity contribution is 5.84. The van der Waals surface area contributed by atoms with Crippen LogP contribution >= 0.6 is 0 Å². The van der Waals surface area contributed by atoms with Crippen molar-refractivity contribution in [3.05, 3.63) is 29.8 Å². The van der Waals surface area contributed by atoms with E-state index >= 15 is 0 Å². The van der Waals surface area contributed by atoms with Crippen molar-refractivity contribution in [3.8, 4) is 5.75 Å². The zero-order valence-electron chi connectivity index (χ0n) is 11.5. The maximum atomic E-state index is 12.0. The van der Waals surface area contributed by atoms with Gasteiger partial charge in [0.05, 0.1) is 6.42 Å². The van der Waals surface area contributed by atoms with Crippen molar-refractivity contribution in [2.45, 2.75) is 38.8 Å². The van der Waals surface area contributed by atoms with Gasteiger partial charge >= 0.3 is 12.6 Å². The van der Waals surface area contributed by atoms with Crippen LogP contribution in [-0.2, 0) is 16.0 Å². The monoisotopic (exact) mass is 301 g/mol. The Morgan fingerprint density at radius 1 is 1.29 bits per heavy atom. The summed E-state index contributed by atoms with van der Waals surface area (Å²) in [4.78, 5) is 22.7. The standard InChI is InChI=1S/C14H17F2NO4/c1-2-3-11(13(19)20)17-12(18)8-9-4-6-10(7-5-9)21-14(15)16/h4-7,11,14H,2-3,8H2,1H3,(H,17,18)(H,19,20)/t11-/m0/s1. The molecule has 5 nitrogen and oxygen atoms in total. The Balaban J connectivity index is 2.56. The SMILES string of the molecule is CCC[C@H](NC(=O)Cc1ccc(OC(F)F)cc1)C(=O)O. The van der Waals surface area contributed by atoms with Gasteiger partial charge in [0.2, 0.25) is 5.91 Å². The normalized spacial score (nSPS) is 12.0. The number of benzene rings is 1. The molecule has 0 radical (unpaired) electrons. The van der Waals surface area contributed by atoms with Gasteiger partial charge < -0.3 is 15.2 Å². The summed E-state index contributed by atoms with van der Waals surface area (Å²) in [6.45, 7) is -1.08. The third kappa shape index (κ3) is 6.20. The van der Waals surface area contributed by atoms with Gasteiger partial charge in [0, 0.05) is 0 Å². The van der Waals surface area contributed by atoms with E-state index in [1.807, 2.05) is 6.92 Å². The quantitative estimate of drug-likeness (QED) is 0.772. The van der Waals surface area contributed by atoms with Gasteiger partial charge in [0.15, 0.2) is 0 Å². The van der Waals surface area contributed by atoms with E-state index in [1.165, 1.54) is 24.3 Å². The minimum absolute atomic E-state index is 0.00329. The smallest absolute Gasteiger partial charge is 0.387 e. The van der Waals surface area contributed by atoms with Gasteiger partial charge in [-0.05, 0) is 24.1 Å². The second-order valence-corrected chi connectivity index (χ2v) is 4.45. The third-order valence-corrected chi connectivity index (χ3v) is 2.72. The van der Waals surface area contributed by atoms with Gasteiger partial charge in [-0.1, -0.05) is 25.5 Å². The summed E-state index contributed by atoms with van der Waals surface area (Å²) in [5.41, 5.74) is 0.578. The number of ether oxygens (including phenoxy) is 1. The number of carbonyl (C=O) groups excluding carboxylic acids is 1. The summed E-state index contributed by atoms with van der Waals surface area (Å²) in [5.74, 6) is -1.51. The van der Waals surface area contributed by atoms with Crippen LogP contribution in [0.5, 0.6) is 5.75 Å². The van der Waals surface area contributed by atoms with Crippen LogP contribution in [0.25, 0.3) is 0 Å². The Labute approximate surface area is 120 Å². The number of carboxylic acid groups (broad SMARTS) is 1. The molecule has 0 aliphatic heterocycles. The first kappa shape index (κ1) is 16.9. The number of carboxylic acids is 1. The molecule has 1 aromatic rings. The van der Waals surface area contributed by atoms with E-state index in [9.17, 15) is 18.4 Å². The minimum atomic E-state index is -2.90. The molecule has 0 aromatic heterocycles. The largest absolute Gasteiger partial charge is 0.480 e. The van der Waals surface area contributed by atoms with Crippen LogP contribution in [0.15, 0.2) is 24.3 Å². The molecule has 0 heterocycles. The first-order valence-electron chi connectivity index (χ1n) is 6.48. The maximum absolute atomic E-state index is 12.0. The highest BCUT2D eigenvalue weighted by Crippen LogP contribution is 2.15. The number of rotatable bonds is 8. The molecule has 1 rings (SSSR count). The molecular weight excluding hydrogens is 284 g/mol. The predicted molar refractivity (Wildman–Crippen MR) is 71.3 cm³/mol. The van der Waals surface area contributed by atoms with Crippen molar-refractivity contribution in [2.24, 2.45) is 0 Å². The molecule has 116 valence electrons. The Kier molecular flexibility index (Phi) is 6.58. The molecule has 0 unspecified atom stereocenters. The molecule has 1 aromatic carbocycles. The Morgan fingerprint density at radius 3 is 2.38 bits per heavy atom. The number of alkyl halides is 2. The summed E-state index contributed by atoms with van der Waals surface area (Å²) in [6, 6.07) is 4.70. The van der Waals surface area contributed by atoms with Gasteiger partial charge in [-0.3, -0.25) is 4.79 Å². The summed E-state index contributed by atoms with van der Waals surface area (Å²) in [7, 11) is 0. The van der Waals surface area contributed by atoms with Crippen molar-refractivity contribution in [1.29, 1.82) is 0 Å². The topological polar surface area (TPSA) is 75.6 Å². The van der Waals surface area contributed by atoms with Gasteiger partial charge in [-0.25, -0.2) is 4.79 Å². The lowest BCUT2D eigenvalue weighted by Crippen LogP contribution is -2.41. The van der Waals surface area contributed by atoms with E-state index in [4.69, 9.17) is 5.11 Å². The number of hydrogen-bond acceptors (Lipinski definition) is 3. The fourth-order valence-corrected chi connectivity index (χ4v) is 1.77. The van der Waals surface area contributed by atoms with E-state index in [0.717, 1.165) is 0 Å². The first-order valence-corrected chi connectivity index (χ1v) is 6.48. The van der Waals surface area contributed by atoms with Gasteiger partial charge in [-0.2, -0.15) is 8.78 Å². The molecule has 0 aliphatic rings. The van der Waals surface area contributed by atoms with E-state index in [0.29, 0.717) is 18.4 Å². The molecule has 0 saturated carbocycles. The lowest BCUT2D eigenvalue weighted by molar-refractivity contribution is -0.141. The first-order chi connectivity index (χ1) is 9.92. The average Bonchev–Trinajstić information content (AvgIpc) is 2.40. The van der Waals surface area contributed by atoms with Crippen molar-refractivity contribution >= 4 is 11.9 Å². The van der Waals surface area contributed by atoms with E-state index in [-0.39, 0.29) is 12.2 Å². The van der Waals surface area contributed by atoms with Gasteiger partial charge in [-0.15, -0.1) is 0 Å². The highest BCUT2D eigenvalue weighted by Gasteiger charge is 2.18. The van der Waals surface area contributed by atoms with Crippen molar-refractivity contribution < 1.29 is 28.2 Å². The number of hydrogen-bond donors (Lipinski definition) is 2. The van der Waals surface area contributed by atoms with Crippen molar-refractivity contribution in [1.82, 2.24) is 5.32 Å². The number of aliphatic carboxylic acids is 1. The molecule has 0 saturated heterocycles. The number of nitrogens with one attached hydrogen (secondary N) is 1. The molecule has 7 heteroatoms. The molecular formula is C14H17F2NO4. The summed E-state index contributed by atoms with van der Waals surface area (Å²) >= 11 is 0. The molecule has 1 atom stereocenters. The molecule has 2 N–H and O–H groups in total. The zero-order chi connectivity index (χ0) is 15.8. The van der Waals surface area contributed by atoms with Crippen LogP contribution < -0.4 is 10.1 Å². The second-order valence-electron chi connectivity index (χ2n) is 4.45. The van der Waals surface area contributed by atoms with Crippen LogP contribution in [0.2, 0.25) is 0 Å². The average molecular weight is 301 g/mol. The van der Waals surface area contributed by atoms with Crippen LogP contribution in [0.4, 0.5) is 8.78 Å². The van der Waals surface area contributed by atoms with E-state index < -0.39 is 24.5 Å². The van der Waals surface area contributed by atoms with Crippen LogP contribution in [0.3, 0.4) is 0 Å². The molecule has 21 heavy (non-hydrogen) atoms. The van der Waals surface area contributed by atoms with Crippen molar-refractivity contribution in [3.63, 3.8) is 0 Å². The number of carbonyl (C=O) groups is 2. The molecule has 0 fully saturated rings. The Bertz CT molecular complexity index is 476. The fraction of sp³-hybridized carbons (Fsp3) is 0.429. The molecule has 0 spiro atoms. The Hall–Kier alpha value is -2.18. The van der Waals surface area contributed by atoms with E-state index in [1.54, 1.807) is 0 Å². The highest BCUT2D eigenvalue weighted by atomic mass is 19.3. The zero-order valence-corrected chi connectivity index (χ0v) is 11.5. The third-order valence-electron chi connectivity index (χ3n) is 2.72. The predicted octanol–water partition coefficient (Wildman–Crippen LogP) is 2.20. The van der Waals surface area contributed by atoms with Gasteiger partial charge in [0.25, 0.3) is 0 Å².